The lowest BCUT2D eigenvalue weighted by Gasteiger charge is -2.10. The van der Waals surface area contributed by atoms with E-state index < -0.39 is 5.97 Å². The van der Waals surface area contributed by atoms with Crippen LogP contribution >= 0.6 is 0 Å². The van der Waals surface area contributed by atoms with Crippen molar-refractivity contribution in [3.63, 3.8) is 0 Å². The number of aryl methyl sites for hydroxylation is 3. The molecule has 122 valence electrons. The summed E-state index contributed by atoms with van der Waals surface area (Å²) in [7, 11) is 0. The standard InChI is InChI=1S/C13H18N2O2.C6H6/c1-8-10(7-14-9(2)15-8)4-5-13(3)6-11(13)12(16)17;1-2-4-6-5-3-1/h7,11H,4-6H2,1-3H3,(H,16,17);1-6H/t11?,13-;/m0./s1. The summed E-state index contributed by atoms with van der Waals surface area (Å²) in [6.07, 6.45) is 4.43. The molecular formula is C19H24N2O2. The van der Waals surface area contributed by atoms with E-state index in [4.69, 9.17) is 5.11 Å². The topological polar surface area (TPSA) is 63.1 Å². The molecule has 3 rings (SSSR count). The SMILES string of the molecule is Cc1ncc(CC[C@@]2(C)CC2C(=O)O)c(C)n1.c1ccccc1. The zero-order valence-electron chi connectivity index (χ0n) is 14.0. The smallest absolute Gasteiger partial charge is 0.307 e. The fourth-order valence-electron chi connectivity index (χ4n) is 2.73. The molecule has 1 N–H and O–H groups in total. The highest BCUT2D eigenvalue weighted by atomic mass is 16.4. The molecule has 0 aliphatic heterocycles. The number of carbonyl (C=O) groups is 1. The Morgan fingerprint density at radius 2 is 1.78 bits per heavy atom. The Morgan fingerprint density at radius 3 is 2.22 bits per heavy atom. The molecule has 2 aromatic rings. The predicted octanol–water partition coefficient (Wildman–Crippen LogP) is 3.82. The van der Waals surface area contributed by atoms with Gasteiger partial charge in [0.05, 0.1) is 5.92 Å². The second-order valence-corrected chi connectivity index (χ2v) is 6.43. The molecule has 1 aliphatic rings. The van der Waals surface area contributed by atoms with Gasteiger partial charge in [0.15, 0.2) is 0 Å². The Hall–Kier alpha value is -2.23. The van der Waals surface area contributed by atoms with Crippen LogP contribution in [0, 0.1) is 25.2 Å². The minimum absolute atomic E-state index is 0.0246. The van der Waals surface area contributed by atoms with Crippen LogP contribution in [0.4, 0.5) is 0 Å². The van der Waals surface area contributed by atoms with Gasteiger partial charge in [0, 0.05) is 11.9 Å². The molecule has 2 atom stereocenters. The van der Waals surface area contributed by atoms with E-state index in [-0.39, 0.29) is 11.3 Å². The Kier molecular flexibility index (Phi) is 5.48. The van der Waals surface area contributed by atoms with Crippen LogP contribution in [0.15, 0.2) is 42.6 Å². The molecule has 0 radical (unpaired) electrons. The van der Waals surface area contributed by atoms with Crippen molar-refractivity contribution < 1.29 is 9.90 Å². The molecule has 4 nitrogen and oxygen atoms in total. The summed E-state index contributed by atoms with van der Waals surface area (Å²) in [4.78, 5) is 19.4. The van der Waals surface area contributed by atoms with Gasteiger partial charge in [-0.3, -0.25) is 4.79 Å². The normalized spacial score (nSPS) is 22.0. The molecule has 1 aromatic carbocycles. The minimum atomic E-state index is -0.663. The van der Waals surface area contributed by atoms with Crippen LogP contribution < -0.4 is 0 Å². The van der Waals surface area contributed by atoms with Crippen LogP contribution in [0.1, 0.15) is 36.8 Å². The zero-order chi connectivity index (χ0) is 16.9. The molecule has 1 heterocycles. The maximum absolute atomic E-state index is 10.9. The Bertz CT molecular complexity index is 631. The number of carboxylic acid groups (broad SMARTS) is 1. The van der Waals surface area contributed by atoms with E-state index in [0.717, 1.165) is 36.3 Å². The van der Waals surface area contributed by atoms with Crippen molar-refractivity contribution in [2.24, 2.45) is 11.3 Å². The molecule has 4 heteroatoms. The zero-order valence-corrected chi connectivity index (χ0v) is 14.0. The lowest BCUT2D eigenvalue weighted by molar-refractivity contribution is -0.139. The van der Waals surface area contributed by atoms with Gasteiger partial charge in [-0.15, -0.1) is 0 Å². The number of aromatic nitrogens is 2. The number of benzene rings is 1. The van der Waals surface area contributed by atoms with E-state index in [1.807, 2.05) is 56.4 Å². The maximum atomic E-state index is 10.9. The summed E-state index contributed by atoms with van der Waals surface area (Å²) in [5.74, 6) is -0.0363. The summed E-state index contributed by atoms with van der Waals surface area (Å²) in [6.45, 7) is 5.91. The first kappa shape index (κ1) is 17.1. The monoisotopic (exact) mass is 312 g/mol. The fourth-order valence-corrected chi connectivity index (χ4v) is 2.73. The van der Waals surface area contributed by atoms with Gasteiger partial charge in [0.1, 0.15) is 5.82 Å². The number of nitrogens with zero attached hydrogens (tertiary/aromatic N) is 2. The summed E-state index contributed by atoms with van der Waals surface area (Å²) in [5, 5.41) is 8.95. The first-order chi connectivity index (χ1) is 10.9. The molecule has 0 bridgehead atoms. The van der Waals surface area contributed by atoms with Crippen LogP contribution in [0.25, 0.3) is 0 Å². The highest BCUT2D eigenvalue weighted by molar-refractivity contribution is 5.74. The highest BCUT2D eigenvalue weighted by Gasteiger charge is 2.54. The second kappa shape index (κ2) is 7.36. The van der Waals surface area contributed by atoms with Crippen molar-refractivity contribution in [2.75, 3.05) is 0 Å². The Labute approximate surface area is 137 Å². The highest BCUT2D eigenvalue weighted by Crippen LogP contribution is 2.55. The van der Waals surface area contributed by atoms with E-state index in [0.29, 0.717) is 0 Å². The quantitative estimate of drug-likeness (QED) is 0.932. The molecule has 1 fully saturated rings. The summed E-state index contributed by atoms with van der Waals surface area (Å²) >= 11 is 0. The number of aliphatic carboxylic acids is 1. The van der Waals surface area contributed by atoms with Crippen molar-refractivity contribution in [1.82, 2.24) is 9.97 Å². The van der Waals surface area contributed by atoms with E-state index >= 15 is 0 Å². The molecule has 0 saturated heterocycles. The third kappa shape index (κ3) is 4.88. The molecule has 1 saturated carbocycles. The number of rotatable bonds is 4. The Morgan fingerprint density at radius 1 is 1.22 bits per heavy atom. The van der Waals surface area contributed by atoms with E-state index in [1.165, 1.54) is 0 Å². The summed E-state index contributed by atoms with van der Waals surface area (Å²) < 4.78 is 0. The van der Waals surface area contributed by atoms with Gasteiger partial charge >= 0.3 is 5.97 Å². The minimum Gasteiger partial charge on any atom is -0.481 e. The van der Waals surface area contributed by atoms with Crippen molar-refractivity contribution in [3.05, 3.63) is 59.7 Å². The molecule has 1 unspecified atom stereocenters. The average molecular weight is 312 g/mol. The molecule has 1 aromatic heterocycles. The Balaban J connectivity index is 0.000000268. The van der Waals surface area contributed by atoms with Crippen LogP contribution in [-0.4, -0.2) is 21.0 Å². The largest absolute Gasteiger partial charge is 0.481 e. The van der Waals surface area contributed by atoms with Crippen molar-refractivity contribution in [2.45, 2.75) is 40.0 Å². The van der Waals surface area contributed by atoms with Crippen LogP contribution in [0.3, 0.4) is 0 Å². The predicted molar refractivity (Wildman–Crippen MR) is 90.1 cm³/mol. The summed E-state index contributed by atoms with van der Waals surface area (Å²) in [6, 6.07) is 12.0. The molecule has 1 aliphatic carbocycles. The third-order valence-corrected chi connectivity index (χ3v) is 4.48. The number of carboxylic acids is 1. The van der Waals surface area contributed by atoms with Gasteiger partial charge in [-0.25, -0.2) is 9.97 Å². The lowest BCUT2D eigenvalue weighted by Crippen LogP contribution is -2.09. The van der Waals surface area contributed by atoms with Gasteiger partial charge in [-0.05, 0) is 44.1 Å². The average Bonchev–Trinajstić information content (AvgIpc) is 3.21. The van der Waals surface area contributed by atoms with Crippen molar-refractivity contribution >= 4 is 5.97 Å². The van der Waals surface area contributed by atoms with Crippen LogP contribution in [-0.2, 0) is 11.2 Å². The number of hydrogen-bond acceptors (Lipinski definition) is 3. The maximum Gasteiger partial charge on any atom is 0.307 e. The molecule has 0 spiro atoms. The summed E-state index contributed by atoms with van der Waals surface area (Å²) in [5.41, 5.74) is 2.12. The van der Waals surface area contributed by atoms with Gasteiger partial charge in [-0.2, -0.15) is 0 Å². The molecule has 0 amide bonds. The molecule has 23 heavy (non-hydrogen) atoms. The van der Waals surface area contributed by atoms with E-state index in [1.54, 1.807) is 0 Å². The van der Waals surface area contributed by atoms with E-state index in [9.17, 15) is 4.79 Å². The van der Waals surface area contributed by atoms with Gasteiger partial charge in [0.2, 0.25) is 0 Å². The van der Waals surface area contributed by atoms with Gasteiger partial charge in [-0.1, -0.05) is 43.3 Å². The van der Waals surface area contributed by atoms with Gasteiger partial charge in [0.25, 0.3) is 0 Å². The number of hydrogen-bond donors (Lipinski definition) is 1. The van der Waals surface area contributed by atoms with Crippen molar-refractivity contribution in [3.8, 4) is 0 Å². The first-order valence-corrected chi connectivity index (χ1v) is 7.94. The second-order valence-electron chi connectivity index (χ2n) is 6.43. The van der Waals surface area contributed by atoms with Gasteiger partial charge < -0.3 is 5.11 Å². The van der Waals surface area contributed by atoms with E-state index in [2.05, 4.69) is 16.9 Å². The van der Waals surface area contributed by atoms with Crippen LogP contribution in [0.5, 0.6) is 0 Å². The van der Waals surface area contributed by atoms with Crippen LogP contribution in [0.2, 0.25) is 0 Å². The van der Waals surface area contributed by atoms with Crippen molar-refractivity contribution in [1.29, 1.82) is 0 Å². The third-order valence-electron chi connectivity index (χ3n) is 4.48. The fraction of sp³-hybridized carbons (Fsp3) is 0.421. The first-order valence-electron chi connectivity index (χ1n) is 7.94. The lowest BCUT2D eigenvalue weighted by atomic mass is 9.96. The molecular weight excluding hydrogens is 288 g/mol.